The summed E-state index contributed by atoms with van der Waals surface area (Å²) in [4.78, 5) is 39.3. The summed E-state index contributed by atoms with van der Waals surface area (Å²) < 4.78 is 0. The van der Waals surface area contributed by atoms with E-state index in [4.69, 9.17) is 5.73 Å². The van der Waals surface area contributed by atoms with E-state index < -0.39 is 6.04 Å². The Kier molecular flexibility index (Phi) is 11.2. The second-order valence-corrected chi connectivity index (χ2v) is 10.8. The molecule has 1 atom stereocenters. The van der Waals surface area contributed by atoms with Crippen LogP contribution in [-0.2, 0) is 16.0 Å². The molecule has 0 radical (unpaired) electrons. The fourth-order valence-corrected chi connectivity index (χ4v) is 5.50. The van der Waals surface area contributed by atoms with Crippen molar-refractivity contribution in [3.63, 3.8) is 0 Å². The quantitative estimate of drug-likeness (QED) is 0.181. The third kappa shape index (κ3) is 7.86. The number of anilines is 1. The molecule has 0 saturated heterocycles. The van der Waals surface area contributed by atoms with E-state index in [2.05, 4.69) is 36.6 Å². The van der Waals surface area contributed by atoms with Gasteiger partial charge in [0.2, 0.25) is 17.6 Å². The summed E-state index contributed by atoms with van der Waals surface area (Å²) in [5.74, 6) is 0.171. The molecule has 0 unspecified atom stereocenters. The lowest BCUT2D eigenvalue weighted by Crippen LogP contribution is -2.48. The first kappa shape index (κ1) is 32.3. The molecule has 0 spiro atoms. The van der Waals surface area contributed by atoms with E-state index in [0.717, 1.165) is 47.9 Å². The molecular weight excluding hydrogens is 580 g/mol. The Balaban J connectivity index is 0.00000442. The molecule has 3 aromatic carbocycles. The van der Waals surface area contributed by atoms with Crippen LogP contribution < -0.4 is 21.7 Å². The molecule has 6 N–H and O–H groups in total. The zero-order valence-electron chi connectivity index (χ0n) is 24.5. The molecule has 0 bridgehead atoms. The maximum Gasteiger partial charge on any atom is 0.251 e. The Bertz CT molecular complexity index is 1540. The molecule has 1 saturated carbocycles. The molecule has 12 heteroatoms. The number of H-pyrrole nitrogens is 1. The van der Waals surface area contributed by atoms with Gasteiger partial charge in [0.15, 0.2) is 0 Å². The van der Waals surface area contributed by atoms with Crippen LogP contribution in [-0.4, -0.2) is 58.0 Å². The standard InChI is InChI=1S/C32H36N8O3.ClH/c1-34-31(42)27-5-3-2-4-26(27)22-10-6-20(7-11-22)18-28(36-30(41)24-12-8-21(19-33)9-13-24)32(43)35-25-16-14-23(15-17-25)29-37-39-40-38-29;/h2-7,10-11,14-17,21,24,28H,8-9,12-13,18-19,33H2,1H3,(H,34,42)(H,35,43)(H,36,41)(H,37,38,39,40);1H/t21?,24?,28-;/m0./s1. The highest BCUT2D eigenvalue weighted by molar-refractivity contribution is 6.01. The number of aromatic amines is 1. The predicted molar refractivity (Wildman–Crippen MR) is 171 cm³/mol. The van der Waals surface area contributed by atoms with Crippen molar-refractivity contribution in [2.24, 2.45) is 17.6 Å². The number of nitrogens with two attached hydrogens (primary N) is 1. The molecule has 1 aliphatic carbocycles. The number of halogens is 1. The average molecular weight is 617 g/mol. The second-order valence-electron chi connectivity index (χ2n) is 10.8. The number of hydrogen-bond donors (Lipinski definition) is 5. The number of aromatic nitrogens is 4. The molecule has 4 aromatic rings. The summed E-state index contributed by atoms with van der Waals surface area (Å²) in [5.41, 5.74) is 10.3. The molecule has 11 nitrogen and oxygen atoms in total. The number of amides is 3. The maximum atomic E-state index is 13.6. The minimum Gasteiger partial charge on any atom is -0.355 e. The van der Waals surface area contributed by atoms with Crippen LogP contribution in [0.4, 0.5) is 5.69 Å². The Morgan fingerprint density at radius 2 is 1.61 bits per heavy atom. The van der Waals surface area contributed by atoms with Crippen molar-refractivity contribution >= 4 is 35.8 Å². The number of carbonyl (C=O) groups is 3. The molecule has 0 aliphatic heterocycles. The van der Waals surface area contributed by atoms with Crippen LogP contribution in [0.15, 0.2) is 72.8 Å². The number of tetrazole rings is 1. The van der Waals surface area contributed by atoms with Crippen LogP contribution in [0.5, 0.6) is 0 Å². The largest absolute Gasteiger partial charge is 0.355 e. The van der Waals surface area contributed by atoms with Gasteiger partial charge in [-0.1, -0.05) is 42.5 Å². The molecule has 5 rings (SSSR count). The number of benzene rings is 3. The van der Waals surface area contributed by atoms with Crippen molar-refractivity contribution in [1.82, 2.24) is 31.3 Å². The van der Waals surface area contributed by atoms with E-state index in [1.165, 1.54) is 0 Å². The highest BCUT2D eigenvalue weighted by Crippen LogP contribution is 2.29. The first-order valence-corrected chi connectivity index (χ1v) is 14.5. The number of rotatable bonds is 10. The highest BCUT2D eigenvalue weighted by atomic mass is 35.5. The van der Waals surface area contributed by atoms with E-state index in [1.54, 1.807) is 37.4 Å². The fraction of sp³-hybridized carbons (Fsp3) is 0.312. The number of nitrogens with one attached hydrogen (secondary N) is 4. The third-order valence-corrected chi connectivity index (χ3v) is 8.04. The zero-order chi connectivity index (χ0) is 30.2. The summed E-state index contributed by atoms with van der Waals surface area (Å²) in [6.07, 6.45) is 3.65. The molecule has 3 amide bonds. The Hall–Kier alpha value is -4.61. The normalized spacial score (nSPS) is 16.7. The van der Waals surface area contributed by atoms with E-state index in [-0.39, 0.29) is 36.0 Å². The second kappa shape index (κ2) is 15.2. The van der Waals surface area contributed by atoms with Crippen molar-refractivity contribution in [3.8, 4) is 22.5 Å². The Morgan fingerprint density at radius 3 is 2.25 bits per heavy atom. The average Bonchev–Trinajstić information content (AvgIpc) is 3.60. The van der Waals surface area contributed by atoms with E-state index >= 15 is 0 Å². The smallest absolute Gasteiger partial charge is 0.251 e. The third-order valence-electron chi connectivity index (χ3n) is 8.04. The summed E-state index contributed by atoms with van der Waals surface area (Å²) in [5, 5.41) is 22.6. The molecule has 230 valence electrons. The van der Waals surface area contributed by atoms with Crippen molar-refractivity contribution in [1.29, 1.82) is 0 Å². The molecule has 1 fully saturated rings. The van der Waals surface area contributed by atoms with Crippen molar-refractivity contribution in [2.45, 2.75) is 38.1 Å². The van der Waals surface area contributed by atoms with E-state index in [1.807, 2.05) is 42.5 Å². The lowest BCUT2D eigenvalue weighted by molar-refractivity contribution is -0.130. The summed E-state index contributed by atoms with van der Waals surface area (Å²) in [7, 11) is 1.61. The Morgan fingerprint density at radius 1 is 0.932 bits per heavy atom. The number of carbonyl (C=O) groups excluding carboxylic acids is 3. The van der Waals surface area contributed by atoms with Gasteiger partial charge in [0, 0.05) is 36.2 Å². The lowest BCUT2D eigenvalue weighted by Gasteiger charge is -2.28. The van der Waals surface area contributed by atoms with Gasteiger partial charge >= 0.3 is 0 Å². The fourth-order valence-electron chi connectivity index (χ4n) is 5.50. The lowest BCUT2D eigenvalue weighted by atomic mass is 9.81. The summed E-state index contributed by atoms with van der Waals surface area (Å²) >= 11 is 0. The summed E-state index contributed by atoms with van der Waals surface area (Å²) in [6, 6.07) is 21.4. The summed E-state index contributed by atoms with van der Waals surface area (Å²) in [6.45, 7) is 0.633. The topological polar surface area (TPSA) is 168 Å². The van der Waals surface area contributed by atoms with Crippen LogP contribution in [0.1, 0.15) is 41.6 Å². The van der Waals surface area contributed by atoms with E-state index in [0.29, 0.717) is 36.0 Å². The molecule has 1 aromatic heterocycles. The predicted octanol–water partition coefficient (Wildman–Crippen LogP) is 3.75. The molecule has 1 aliphatic rings. The van der Waals surface area contributed by atoms with Gasteiger partial charge in [0.05, 0.1) is 0 Å². The zero-order valence-corrected chi connectivity index (χ0v) is 25.3. The van der Waals surface area contributed by atoms with Gasteiger partial charge in [-0.25, -0.2) is 0 Å². The first-order chi connectivity index (χ1) is 20.9. The van der Waals surface area contributed by atoms with Gasteiger partial charge in [-0.15, -0.1) is 22.6 Å². The molecule has 1 heterocycles. The monoisotopic (exact) mass is 616 g/mol. The van der Waals surface area contributed by atoms with Crippen LogP contribution in [0.3, 0.4) is 0 Å². The van der Waals surface area contributed by atoms with Gasteiger partial charge in [0.1, 0.15) is 6.04 Å². The van der Waals surface area contributed by atoms with Gasteiger partial charge in [-0.05, 0) is 90.4 Å². The van der Waals surface area contributed by atoms with Crippen molar-refractivity contribution in [3.05, 3.63) is 83.9 Å². The van der Waals surface area contributed by atoms with Gasteiger partial charge in [0.25, 0.3) is 5.91 Å². The van der Waals surface area contributed by atoms with Gasteiger partial charge < -0.3 is 21.7 Å². The highest BCUT2D eigenvalue weighted by Gasteiger charge is 2.29. The Labute approximate surface area is 262 Å². The molecule has 44 heavy (non-hydrogen) atoms. The minimum absolute atomic E-state index is 0. The molecular formula is C32H37ClN8O3. The SMILES string of the molecule is CNC(=O)c1ccccc1-c1ccc(C[C@H](NC(=O)C2CCC(CN)CC2)C(=O)Nc2ccc(-c3nn[nH]n3)cc2)cc1.Cl. The van der Waals surface area contributed by atoms with Crippen molar-refractivity contribution < 1.29 is 14.4 Å². The van der Waals surface area contributed by atoms with Crippen LogP contribution >= 0.6 is 12.4 Å². The van der Waals surface area contributed by atoms with Crippen LogP contribution in [0, 0.1) is 11.8 Å². The number of nitrogens with zero attached hydrogens (tertiary/aromatic N) is 3. The maximum absolute atomic E-state index is 13.6. The van der Waals surface area contributed by atoms with Gasteiger partial charge in [-0.2, -0.15) is 5.21 Å². The van der Waals surface area contributed by atoms with Crippen LogP contribution in [0.2, 0.25) is 0 Å². The minimum atomic E-state index is -0.791. The van der Waals surface area contributed by atoms with Crippen molar-refractivity contribution in [2.75, 3.05) is 18.9 Å². The van der Waals surface area contributed by atoms with E-state index in [9.17, 15) is 14.4 Å². The van der Waals surface area contributed by atoms with Crippen LogP contribution in [0.25, 0.3) is 22.5 Å². The van der Waals surface area contributed by atoms with Gasteiger partial charge in [-0.3, -0.25) is 14.4 Å². The number of hydrogen-bond acceptors (Lipinski definition) is 7. The first-order valence-electron chi connectivity index (χ1n) is 14.5.